The zero-order chi connectivity index (χ0) is 14.2. The number of furan rings is 1. The Balaban J connectivity index is 1.80. The van der Waals surface area contributed by atoms with Gasteiger partial charge in [-0.1, -0.05) is 18.5 Å². The van der Waals surface area contributed by atoms with E-state index in [1.807, 2.05) is 13.0 Å². The summed E-state index contributed by atoms with van der Waals surface area (Å²) in [7, 11) is 0. The number of rotatable bonds is 3. The van der Waals surface area contributed by atoms with Crippen LogP contribution in [0.1, 0.15) is 50.6 Å². The van der Waals surface area contributed by atoms with Gasteiger partial charge >= 0.3 is 0 Å². The van der Waals surface area contributed by atoms with Crippen LogP contribution in [0.3, 0.4) is 0 Å². The zero-order valence-corrected chi connectivity index (χ0v) is 12.1. The number of hydrogen-bond acceptors (Lipinski definition) is 5. The van der Waals surface area contributed by atoms with Crippen molar-refractivity contribution in [3.8, 4) is 11.5 Å². The van der Waals surface area contributed by atoms with E-state index in [2.05, 4.69) is 17.1 Å². The number of nitrogens with zero attached hydrogens (tertiary/aromatic N) is 2. The van der Waals surface area contributed by atoms with E-state index in [0.29, 0.717) is 11.7 Å². The van der Waals surface area contributed by atoms with Gasteiger partial charge in [-0.05, 0) is 44.6 Å². The molecule has 2 aromatic rings. The third-order valence-electron chi connectivity index (χ3n) is 4.42. The highest BCUT2D eigenvalue weighted by Gasteiger charge is 2.37. The molecule has 0 radical (unpaired) electrons. The number of aryl methyl sites for hydroxylation is 1. The minimum Gasteiger partial charge on any atom is -0.469 e. The molecular formula is C15H21N3O2. The Hall–Kier alpha value is -1.62. The van der Waals surface area contributed by atoms with Crippen molar-refractivity contribution < 1.29 is 8.94 Å². The summed E-state index contributed by atoms with van der Waals surface area (Å²) in [5.74, 6) is 2.72. The Labute approximate surface area is 118 Å². The van der Waals surface area contributed by atoms with E-state index in [0.717, 1.165) is 42.9 Å². The molecule has 108 valence electrons. The second-order valence-electron chi connectivity index (χ2n) is 5.88. The predicted molar refractivity (Wildman–Crippen MR) is 74.9 cm³/mol. The Morgan fingerprint density at radius 3 is 2.75 bits per heavy atom. The van der Waals surface area contributed by atoms with E-state index in [4.69, 9.17) is 14.7 Å². The van der Waals surface area contributed by atoms with Crippen molar-refractivity contribution in [3.05, 3.63) is 23.9 Å². The first-order chi connectivity index (χ1) is 9.60. The van der Waals surface area contributed by atoms with Gasteiger partial charge in [0.05, 0.1) is 11.1 Å². The van der Waals surface area contributed by atoms with Crippen LogP contribution >= 0.6 is 0 Å². The van der Waals surface area contributed by atoms with E-state index < -0.39 is 5.54 Å². The van der Waals surface area contributed by atoms with Crippen LogP contribution < -0.4 is 5.73 Å². The second kappa shape index (κ2) is 5.05. The molecule has 0 aromatic carbocycles. The molecule has 1 aliphatic rings. The quantitative estimate of drug-likeness (QED) is 0.928. The molecule has 2 aromatic heterocycles. The molecule has 3 rings (SSSR count). The Morgan fingerprint density at radius 2 is 2.15 bits per heavy atom. The summed E-state index contributed by atoms with van der Waals surface area (Å²) in [6.45, 7) is 4.12. The maximum absolute atomic E-state index is 6.49. The first kappa shape index (κ1) is 13.4. The molecule has 1 saturated carbocycles. The molecule has 0 spiro atoms. The molecule has 5 heteroatoms. The molecule has 5 nitrogen and oxygen atoms in total. The molecule has 0 saturated heterocycles. The molecule has 1 aliphatic carbocycles. The maximum atomic E-state index is 6.49. The van der Waals surface area contributed by atoms with Crippen LogP contribution in [0.2, 0.25) is 0 Å². The highest BCUT2D eigenvalue weighted by molar-refractivity contribution is 5.51. The van der Waals surface area contributed by atoms with Crippen molar-refractivity contribution in [2.24, 2.45) is 11.7 Å². The molecule has 20 heavy (non-hydrogen) atoms. The van der Waals surface area contributed by atoms with Crippen LogP contribution in [-0.2, 0) is 5.54 Å². The molecule has 2 N–H and O–H groups in total. The Kier molecular flexibility index (Phi) is 3.38. The summed E-state index contributed by atoms with van der Waals surface area (Å²) in [5, 5.41) is 4.10. The van der Waals surface area contributed by atoms with Gasteiger partial charge in [-0.3, -0.25) is 0 Å². The third kappa shape index (κ3) is 2.38. The second-order valence-corrected chi connectivity index (χ2v) is 5.88. The zero-order valence-electron chi connectivity index (χ0n) is 12.1. The van der Waals surface area contributed by atoms with Gasteiger partial charge in [0.25, 0.3) is 5.89 Å². The summed E-state index contributed by atoms with van der Waals surface area (Å²) in [6.07, 6.45) is 6.98. The molecule has 1 fully saturated rings. The molecule has 0 atom stereocenters. The first-order valence-corrected chi connectivity index (χ1v) is 7.29. The van der Waals surface area contributed by atoms with Crippen LogP contribution in [0.5, 0.6) is 0 Å². The smallest absolute Gasteiger partial charge is 0.261 e. The molecule has 0 amide bonds. The van der Waals surface area contributed by atoms with E-state index in [-0.39, 0.29) is 0 Å². The van der Waals surface area contributed by atoms with Crippen molar-refractivity contribution in [2.45, 2.75) is 51.5 Å². The Morgan fingerprint density at radius 1 is 1.40 bits per heavy atom. The summed E-state index contributed by atoms with van der Waals surface area (Å²) >= 11 is 0. The van der Waals surface area contributed by atoms with Crippen molar-refractivity contribution >= 4 is 0 Å². The highest BCUT2D eigenvalue weighted by Crippen LogP contribution is 2.38. The summed E-state index contributed by atoms with van der Waals surface area (Å²) in [4.78, 5) is 4.48. The average Bonchev–Trinajstić information content (AvgIpc) is 3.08. The van der Waals surface area contributed by atoms with Gasteiger partial charge in [0, 0.05) is 0 Å². The van der Waals surface area contributed by atoms with Crippen molar-refractivity contribution in [3.63, 3.8) is 0 Å². The van der Waals surface area contributed by atoms with Gasteiger partial charge in [-0.2, -0.15) is 4.98 Å². The predicted octanol–water partition coefficient (Wildman–Crippen LogP) is 3.39. The fourth-order valence-electron chi connectivity index (χ4n) is 2.92. The average molecular weight is 275 g/mol. The summed E-state index contributed by atoms with van der Waals surface area (Å²) in [6, 6.07) is 1.88. The van der Waals surface area contributed by atoms with Crippen molar-refractivity contribution in [1.29, 1.82) is 0 Å². The summed E-state index contributed by atoms with van der Waals surface area (Å²) in [5.41, 5.74) is 6.86. The lowest BCUT2D eigenvalue weighted by Crippen LogP contribution is -2.41. The van der Waals surface area contributed by atoms with E-state index in [1.54, 1.807) is 6.26 Å². The largest absolute Gasteiger partial charge is 0.469 e. The Bertz CT molecular complexity index is 579. The summed E-state index contributed by atoms with van der Waals surface area (Å²) < 4.78 is 10.6. The molecule has 0 bridgehead atoms. The topological polar surface area (TPSA) is 78.1 Å². The van der Waals surface area contributed by atoms with Gasteiger partial charge in [-0.25, -0.2) is 0 Å². The third-order valence-corrected chi connectivity index (χ3v) is 4.42. The molecule has 2 heterocycles. The molecule has 0 aliphatic heterocycles. The van der Waals surface area contributed by atoms with Crippen LogP contribution in [0.4, 0.5) is 0 Å². The van der Waals surface area contributed by atoms with Crippen molar-refractivity contribution in [1.82, 2.24) is 10.1 Å². The maximum Gasteiger partial charge on any atom is 0.261 e. The van der Waals surface area contributed by atoms with E-state index in [1.165, 1.54) is 6.42 Å². The first-order valence-electron chi connectivity index (χ1n) is 7.29. The van der Waals surface area contributed by atoms with Gasteiger partial charge in [0.2, 0.25) is 0 Å². The number of aromatic nitrogens is 2. The number of nitrogens with two attached hydrogens (primary N) is 1. The SMILES string of the molecule is CCC1CCC(N)(c2noc(-c3coc(C)c3)n2)CC1. The van der Waals surface area contributed by atoms with E-state index >= 15 is 0 Å². The fourth-order valence-corrected chi connectivity index (χ4v) is 2.92. The monoisotopic (exact) mass is 275 g/mol. The van der Waals surface area contributed by atoms with Crippen LogP contribution in [0, 0.1) is 12.8 Å². The minimum atomic E-state index is -0.438. The highest BCUT2D eigenvalue weighted by atomic mass is 16.5. The lowest BCUT2D eigenvalue weighted by Gasteiger charge is -2.34. The normalized spacial score (nSPS) is 26.9. The van der Waals surface area contributed by atoms with Gasteiger partial charge in [0.15, 0.2) is 5.82 Å². The van der Waals surface area contributed by atoms with Crippen LogP contribution in [-0.4, -0.2) is 10.1 Å². The fraction of sp³-hybridized carbons (Fsp3) is 0.600. The minimum absolute atomic E-state index is 0.438. The van der Waals surface area contributed by atoms with Crippen LogP contribution in [0.25, 0.3) is 11.5 Å². The van der Waals surface area contributed by atoms with Gasteiger partial charge in [0.1, 0.15) is 12.0 Å². The van der Waals surface area contributed by atoms with Gasteiger partial charge in [-0.15, -0.1) is 0 Å². The molecular weight excluding hydrogens is 254 g/mol. The molecule has 0 unspecified atom stereocenters. The van der Waals surface area contributed by atoms with Gasteiger partial charge < -0.3 is 14.7 Å². The van der Waals surface area contributed by atoms with Crippen molar-refractivity contribution in [2.75, 3.05) is 0 Å². The van der Waals surface area contributed by atoms with E-state index in [9.17, 15) is 0 Å². The standard InChI is InChI=1S/C15H21N3O2/c1-3-11-4-6-15(16,7-5-11)14-17-13(20-18-14)12-8-10(2)19-9-12/h8-9,11H,3-7,16H2,1-2H3. The number of hydrogen-bond donors (Lipinski definition) is 1. The van der Waals surface area contributed by atoms with Crippen LogP contribution in [0.15, 0.2) is 21.3 Å². The lowest BCUT2D eigenvalue weighted by molar-refractivity contribution is 0.216. The lowest BCUT2D eigenvalue weighted by atomic mass is 9.76.